The number of hydrogen-bond acceptors (Lipinski definition) is 5. The third-order valence-corrected chi connectivity index (χ3v) is 5.47. The van der Waals surface area contributed by atoms with E-state index in [-0.39, 0.29) is 56.9 Å². The molecule has 0 unspecified atom stereocenters. The second kappa shape index (κ2) is 9.07. The van der Waals surface area contributed by atoms with Crippen LogP contribution in [-0.2, 0) is 14.3 Å². The van der Waals surface area contributed by atoms with Gasteiger partial charge < -0.3 is 19.9 Å². The fourth-order valence-corrected chi connectivity index (χ4v) is 3.83. The average Bonchev–Trinajstić information content (AvgIpc) is 3.39. The van der Waals surface area contributed by atoms with Gasteiger partial charge >= 0.3 is 6.18 Å². The Bertz CT molecular complexity index is 501. The highest BCUT2D eigenvalue weighted by molar-refractivity contribution is 5.76. The van der Waals surface area contributed by atoms with E-state index in [1.807, 2.05) is 0 Å². The fraction of sp³-hybridized carbons (Fsp3) is 0.944. The highest BCUT2D eigenvalue weighted by Crippen LogP contribution is 2.30. The van der Waals surface area contributed by atoms with E-state index in [9.17, 15) is 23.1 Å². The summed E-state index contributed by atoms with van der Waals surface area (Å²) in [5, 5.41) is 12.9. The Morgan fingerprint density at radius 3 is 2.67 bits per heavy atom. The average molecular weight is 394 g/mol. The van der Waals surface area contributed by atoms with Crippen LogP contribution < -0.4 is 5.32 Å². The van der Waals surface area contributed by atoms with Crippen molar-refractivity contribution in [2.24, 2.45) is 5.92 Å². The predicted molar refractivity (Wildman–Crippen MR) is 91.1 cm³/mol. The Morgan fingerprint density at radius 2 is 1.96 bits per heavy atom. The number of rotatable bonds is 6. The van der Waals surface area contributed by atoms with Crippen molar-refractivity contribution in [3.8, 4) is 0 Å². The zero-order valence-electron chi connectivity index (χ0n) is 15.4. The summed E-state index contributed by atoms with van der Waals surface area (Å²) in [7, 11) is 0. The van der Waals surface area contributed by atoms with E-state index < -0.39 is 18.7 Å². The Labute approximate surface area is 157 Å². The number of aliphatic hydroxyl groups is 1. The van der Waals surface area contributed by atoms with Crippen molar-refractivity contribution >= 4 is 5.91 Å². The molecule has 3 fully saturated rings. The molecule has 0 radical (unpaired) electrons. The van der Waals surface area contributed by atoms with E-state index in [1.165, 1.54) is 12.8 Å². The van der Waals surface area contributed by atoms with Crippen LogP contribution in [0.25, 0.3) is 0 Å². The summed E-state index contributed by atoms with van der Waals surface area (Å²) in [5.41, 5.74) is 0. The van der Waals surface area contributed by atoms with E-state index in [2.05, 4.69) is 5.32 Å². The predicted octanol–water partition coefficient (Wildman–Crippen LogP) is 1.46. The number of nitrogens with one attached hydrogen (secondary N) is 1. The molecule has 6 nitrogen and oxygen atoms in total. The van der Waals surface area contributed by atoms with Gasteiger partial charge in [-0.1, -0.05) is 0 Å². The first kappa shape index (κ1) is 20.8. The molecule has 1 amide bonds. The molecule has 2 N–H and O–H groups in total. The monoisotopic (exact) mass is 394 g/mol. The number of ether oxygens (including phenoxy) is 2. The van der Waals surface area contributed by atoms with Crippen LogP contribution >= 0.6 is 0 Å². The van der Waals surface area contributed by atoms with E-state index >= 15 is 0 Å². The van der Waals surface area contributed by atoms with Crippen LogP contribution in [0.15, 0.2) is 0 Å². The number of nitrogens with zero attached hydrogens (tertiary/aromatic N) is 1. The van der Waals surface area contributed by atoms with Crippen LogP contribution in [0.1, 0.15) is 38.5 Å². The summed E-state index contributed by atoms with van der Waals surface area (Å²) in [6.07, 6.45) is -2.78. The zero-order chi connectivity index (χ0) is 19.4. The molecule has 9 heteroatoms. The molecule has 3 aliphatic rings. The molecule has 0 bridgehead atoms. The minimum Gasteiger partial charge on any atom is -0.389 e. The van der Waals surface area contributed by atoms with Gasteiger partial charge in [0.25, 0.3) is 0 Å². The van der Waals surface area contributed by atoms with Gasteiger partial charge in [-0.25, -0.2) is 0 Å². The molecule has 0 aromatic carbocycles. The van der Waals surface area contributed by atoms with Gasteiger partial charge in [-0.15, -0.1) is 0 Å². The van der Waals surface area contributed by atoms with Crippen molar-refractivity contribution in [2.75, 3.05) is 32.8 Å². The first-order valence-electron chi connectivity index (χ1n) is 9.79. The van der Waals surface area contributed by atoms with Crippen LogP contribution in [0, 0.1) is 5.92 Å². The standard InChI is InChI=1S/C18H29F3N2O4/c19-18(20,21)5-6-23-9-13(24)10-26-11-16-15(23)4-3-14(27-16)7-17(25)22-8-12-1-2-12/h12-16,24H,1-11H2,(H,22,25)/t13-,14-,15+,16-/m1/s1. The van der Waals surface area contributed by atoms with Crippen molar-refractivity contribution in [2.45, 2.75) is 69.1 Å². The van der Waals surface area contributed by atoms with Gasteiger partial charge in [-0.2, -0.15) is 13.2 Å². The molecule has 27 heavy (non-hydrogen) atoms. The van der Waals surface area contributed by atoms with E-state index in [0.29, 0.717) is 25.3 Å². The van der Waals surface area contributed by atoms with Gasteiger partial charge in [0.1, 0.15) is 0 Å². The van der Waals surface area contributed by atoms with Gasteiger partial charge in [0.15, 0.2) is 0 Å². The van der Waals surface area contributed by atoms with Crippen LogP contribution in [-0.4, -0.2) is 79.3 Å². The van der Waals surface area contributed by atoms with E-state index in [0.717, 1.165) is 0 Å². The number of aliphatic hydroxyl groups excluding tert-OH is 1. The number of hydrogen-bond donors (Lipinski definition) is 2. The quantitative estimate of drug-likeness (QED) is 0.714. The summed E-state index contributed by atoms with van der Waals surface area (Å²) < 4.78 is 49.5. The fourth-order valence-electron chi connectivity index (χ4n) is 3.83. The summed E-state index contributed by atoms with van der Waals surface area (Å²) in [4.78, 5) is 13.7. The molecule has 0 aromatic rings. The smallest absolute Gasteiger partial charge is 0.389 e. The first-order valence-corrected chi connectivity index (χ1v) is 9.79. The van der Waals surface area contributed by atoms with Gasteiger partial charge in [0.05, 0.1) is 44.4 Å². The van der Waals surface area contributed by atoms with Crippen molar-refractivity contribution in [3.63, 3.8) is 0 Å². The van der Waals surface area contributed by atoms with Gasteiger partial charge in [0.2, 0.25) is 5.91 Å². The lowest BCUT2D eigenvalue weighted by atomic mass is 9.94. The summed E-state index contributed by atoms with van der Waals surface area (Å²) >= 11 is 0. The van der Waals surface area contributed by atoms with E-state index in [4.69, 9.17) is 9.47 Å². The summed E-state index contributed by atoms with van der Waals surface area (Å²) in [6, 6.07) is -0.243. The molecule has 1 aliphatic carbocycles. The normalized spacial score (nSPS) is 33.0. The number of halogens is 3. The third kappa shape index (κ3) is 6.89. The molecule has 0 spiro atoms. The lowest BCUT2D eigenvalue weighted by molar-refractivity contribution is -0.169. The summed E-state index contributed by atoms with van der Waals surface area (Å²) in [6.45, 7) is 0.959. The number of alkyl halides is 3. The second-order valence-corrected chi connectivity index (χ2v) is 7.94. The molecule has 0 aromatic heterocycles. The second-order valence-electron chi connectivity index (χ2n) is 7.94. The maximum atomic E-state index is 12.7. The van der Waals surface area contributed by atoms with Gasteiger partial charge in [0, 0.05) is 25.7 Å². The summed E-state index contributed by atoms with van der Waals surface area (Å²) in [5.74, 6) is 0.569. The molecule has 4 atom stereocenters. The van der Waals surface area contributed by atoms with Crippen molar-refractivity contribution in [1.29, 1.82) is 0 Å². The lowest BCUT2D eigenvalue weighted by Gasteiger charge is -2.44. The maximum Gasteiger partial charge on any atom is 0.390 e. The zero-order valence-corrected chi connectivity index (χ0v) is 15.4. The molecule has 2 heterocycles. The molecular weight excluding hydrogens is 365 g/mol. The van der Waals surface area contributed by atoms with Crippen LogP contribution in [0.4, 0.5) is 13.2 Å². The Morgan fingerprint density at radius 1 is 1.19 bits per heavy atom. The molecule has 3 rings (SSSR count). The molecular formula is C18H29F3N2O4. The first-order chi connectivity index (χ1) is 12.8. The number of carbonyl (C=O) groups excluding carboxylic acids is 1. The largest absolute Gasteiger partial charge is 0.390 e. The maximum absolute atomic E-state index is 12.7. The minimum atomic E-state index is -4.24. The molecule has 156 valence electrons. The minimum absolute atomic E-state index is 0.0403. The highest BCUT2D eigenvalue weighted by atomic mass is 19.4. The SMILES string of the molecule is O=C(C[C@H]1CC[C@H]2[C@@H](COC[C@H](O)CN2CCC(F)(F)F)O1)NCC1CC1. The van der Waals surface area contributed by atoms with Crippen molar-refractivity contribution < 1.29 is 32.5 Å². The third-order valence-electron chi connectivity index (χ3n) is 5.47. The van der Waals surface area contributed by atoms with Gasteiger partial charge in [-0.3, -0.25) is 9.69 Å². The van der Waals surface area contributed by atoms with Crippen molar-refractivity contribution in [1.82, 2.24) is 10.2 Å². The van der Waals surface area contributed by atoms with E-state index in [1.54, 1.807) is 4.90 Å². The molecule has 2 saturated heterocycles. The van der Waals surface area contributed by atoms with Crippen LogP contribution in [0.3, 0.4) is 0 Å². The topological polar surface area (TPSA) is 71.0 Å². The number of β-amino-alcohol motifs (C(OH)–C–C–N with tert-alkyl or cyclic N) is 1. The molecule has 2 aliphatic heterocycles. The number of fused-ring (bicyclic) bond motifs is 1. The van der Waals surface area contributed by atoms with Crippen LogP contribution in [0.5, 0.6) is 0 Å². The molecule has 1 saturated carbocycles. The van der Waals surface area contributed by atoms with Crippen molar-refractivity contribution in [3.05, 3.63) is 0 Å². The number of amides is 1. The van der Waals surface area contributed by atoms with Gasteiger partial charge in [-0.05, 0) is 31.6 Å². The van der Waals surface area contributed by atoms with Crippen LogP contribution in [0.2, 0.25) is 0 Å². The highest BCUT2D eigenvalue weighted by Gasteiger charge is 2.39. The Hall–Kier alpha value is -0.900. The Balaban J connectivity index is 1.54. The lowest BCUT2D eigenvalue weighted by Crippen LogP contribution is -2.56. The number of carbonyl (C=O) groups is 1. The Kier molecular flexibility index (Phi) is 6.99.